The zero-order valence-electron chi connectivity index (χ0n) is 20.1. The fourth-order valence-corrected chi connectivity index (χ4v) is 5.85. The molecule has 1 aliphatic heterocycles. The number of piperidine rings is 1. The predicted octanol–water partition coefficient (Wildman–Crippen LogP) is 6.07. The Morgan fingerprint density at radius 2 is 2.00 bits per heavy atom. The van der Waals surface area contributed by atoms with Gasteiger partial charge in [0, 0.05) is 41.9 Å². The van der Waals surface area contributed by atoms with Crippen LogP contribution >= 0.6 is 11.8 Å². The Kier molecular flexibility index (Phi) is 8.81. The number of fused-ring (bicyclic) bond motifs is 1. The van der Waals surface area contributed by atoms with Gasteiger partial charge >= 0.3 is 0 Å². The van der Waals surface area contributed by atoms with Crippen molar-refractivity contribution in [1.29, 1.82) is 0 Å². The van der Waals surface area contributed by atoms with Gasteiger partial charge in [0.2, 0.25) is 0 Å². The Morgan fingerprint density at radius 1 is 1.18 bits per heavy atom. The monoisotopic (exact) mass is 482 g/mol. The van der Waals surface area contributed by atoms with E-state index in [0.29, 0.717) is 23.7 Å². The summed E-state index contributed by atoms with van der Waals surface area (Å²) >= 11 is 1.88. The van der Waals surface area contributed by atoms with Gasteiger partial charge in [-0.1, -0.05) is 17.7 Å². The number of aliphatic hydroxyl groups is 1. The van der Waals surface area contributed by atoms with Gasteiger partial charge in [-0.25, -0.2) is 4.39 Å². The van der Waals surface area contributed by atoms with E-state index in [0.717, 1.165) is 49.1 Å². The van der Waals surface area contributed by atoms with Crippen molar-refractivity contribution in [1.82, 2.24) is 9.88 Å². The van der Waals surface area contributed by atoms with Crippen LogP contribution in [-0.4, -0.2) is 54.1 Å². The van der Waals surface area contributed by atoms with Crippen LogP contribution in [0.3, 0.4) is 0 Å². The van der Waals surface area contributed by atoms with Crippen LogP contribution in [0.25, 0.3) is 10.9 Å². The number of pyridine rings is 1. The number of methoxy groups -OCH3 is 1. The summed E-state index contributed by atoms with van der Waals surface area (Å²) in [4.78, 5) is 8.12. The van der Waals surface area contributed by atoms with Crippen LogP contribution < -0.4 is 4.74 Å². The van der Waals surface area contributed by atoms with Gasteiger partial charge in [-0.3, -0.25) is 4.98 Å². The van der Waals surface area contributed by atoms with Crippen LogP contribution in [0, 0.1) is 18.8 Å². The minimum absolute atomic E-state index is 0.165. The second-order valence-electron chi connectivity index (χ2n) is 9.28. The van der Waals surface area contributed by atoms with Crippen molar-refractivity contribution in [3.05, 3.63) is 65.9 Å². The lowest BCUT2D eigenvalue weighted by atomic mass is 9.81. The quantitative estimate of drug-likeness (QED) is 0.356. The number of rotatable bonds is 10. The standard InChI is InChI=1S/C28H35FN2O2S/c1-20-3-7-24(8-4-20)34-16-15-31-14-12-21(22(18-31)19-32)5-9-27(29)25-11-13-30-28-10-6-23(33-2)17-26(25)28/h3-4,6-8,10-11,13,17,21-22,27,32H,5,9,12,14-16,18-19H2,1-2H3/t21-,22-,27+/m1/s1. The first-order valence-electron chi connectivity index (χ1n) is 12.2. The molecular weight excluding hydrogens is 447 g/mol. The number of hydrogen-bond donors (Lipinski definition) is 1. The normalized spacial score (nSPS) is 19.9. The van der Waals surface area contributed by atoms with E-state index >= 15 is 4.39 Å². The molecule has 0 unspecified atom stereocenters. The van der Waals surface area contributed by atoms with Gasteiger partial charge in [-0.15, -0.1) is 11.8 Å². The molecule has 0 spiro atoms. The van der Waals surface area contributed by atoms with Crippen LogP contribution in [0.15, 0.2) is 59.6 Å². The van der Waals surface area contributed by atoms with Gasteiger partial charge in [-0.05, 0) is 86.5 Å². The molecule has 2 aromatic carbocycles. The third kappa shape index (κ3) is 6.29. The SMILES string of the molecule is COc1ccc2nccc([C@@H](F)CC[C@@H]3CCN(CCSc4ccc(C)cc4)C[C@@H]3CO)c2c1. The van der Waals surface area contributed by atoms with Gasteiger partial charge in [-0.2, -0.15) is 0 Å². The number of likely N-dealkylation sites (tertiary alicyclic amines) is 1. The first kappa shape index (κ1) is 25.0. The zero-order valence-corrected chi connectivity index (χ0v) is 20.9. The molecule has 4 rings (SSSR count). The molecule has 0 amide bonds. The number of thioether (sulfide) groups is 1. The molecule has 2 heterocycles. The highest BCUT2D eigenvalue weighted by Gasteiger charge is 2.29. The minimum Gasteiger partial charge on any atom is -0.497 e. The summed E-state index contributed by atoms with van der Waals surface area (Å²) in [6, 6.07) is 16.0. The highest BCUT2D eigenvalue weighted by atomic mass is 32.2. The molecule has 0 bridgehead atoms. The fourth-order valence-electron chi connectivity index (χ4n) is 4.94. The topological polar surface area (TPSA) is 45.6 Å². The molecule has 0 saturated carbocycles. The smallest absolute Gasteiger partial charge is 0.126 e. The van der Waals surface area contributed by atoms with E-state index in [4.69, 9.17) is 4.74 Å². The molecule has 1 aromatic heterocycles. The minimum atomic E-state index is -1.05. The van der Waals surface area contributed by atoms with Crippen molar-refractivity contribution in [2.75, 3.05) is 39.1 Å². The van der Waals surface area contributed by atoms with Crippen LogP contribution in [0.4, 0.5) is 4.39 Å². The molecule has 34 heavy (non-hydrogen) atoms. The van der Waals surface area contributed by atoms with Gasteiger partial charge in [0.15, 0.2) is 0 Å². The summed E-state index contributed by atoms with van der Waals surface area (Å²) in [5.74, 6) is 2.31. The summed E-state index contributed by atoms with van der Waals surface area (Å²) < 4.78 is 20.7. The van der Waals surface area contributed by atoms with Crippen molar-refractivity contribution >= 4 is 22.7 Å². The van der Waals surface area contributed by atoms with Crippen LogP contribution in [-0.2, 0) is 0 Å². The van der Waals surface area contributed by atoms with E-state index in [-0.39, 0.29) is 12.5 Å². The number of benzene rings is 2. The zero-order chi connectivity index (χ0) is 23.9. The average Bonchev–Trinajstić information content (AvgIpc) is 2.88. The maximum atomic E-state index is 15.4. The summed E-state index contributed by atoms with van der Waals surface area (Å²) in [5.41, 5.74) is 2.74. The highest BCUT2D eigenvalue weighted by molar-refractivity contribution is 7.99. The number of aromatic nitrogens is 1. The van der Waals surface area contributed by atoms with Crippen LogP contribution in [0.2, 0.25) is 0 Å². The van der Waals surface area contributed by atoms with Crippen molar-refractivity contribution in [3.63, 3.8) is 0 Å². The van der Waals surface area contributed by atoms with E-state index in [1.807, 2.05) is 30.0 Å². The third-order valence-electron chi connectivity index (χ3n) is 7.02. The van der Waals surface area contributed by atoms with Crippen molar-refractivity contribution in [2.24, 2.45) is 11.8 Å². The van der Waals surface area contributed by atoms with Gasteiger partial charge in [0.25, 0.3) is 0 Å². The summed E-state index contributed by atoms with van der Waals surface area (Å²) in [6.45, 7) is 5.19. The Balaban J connectivity index is 1.29. The van der Waals surface area contributed by atoms with Gasteiger partial charge in [0.1, 0.15) is 11.9 Å². The maximum absolute atomic E-state index is 15.4. The molecule has 1 fully saturated rings. The lowest BCUT2D eigenvalue weighted by Crippen LogP contribution is -2.43. The first-order valence-corrected chi connectivity index (χ1v) is 13.2. The third-order valence-corrected chi connectivity index (χ3v) is 8.01. The lowest BCUT2D eigenvalue weighted by Gasteiger charge is -2.38. The van der Waals surface area contributed by atoms with Crippen LogP contribution in [0.1, 0.15) is 36.6 Å². The Morgan fingerprint density at radius 3 is 2.76 bits per heavy atom. The fraction of sp³-hybridized carbons (Fsp3) is 0.464. The van der Waals surface area contributed by atoms with Gasteiger partial charge < -0.3 is 14.7 Å². The molecule has 6 heteroatoms. The Hall–Kier alpha value is -2.15. The van der Waals surface area contributed by atoms with Crippen molar-refractivity contribution in [3.8, 4) is 5.75 Å². The number of halogens is 1. The molecule has 0 aliphatic carbocycles. The highest BCUT2D eigenvalue weighted by Crippen LogP contribution is 2.35. The second-order valence-corrected chi connectivity index (χ2v) is 10.5. The molecule has 1 N–H and O–H groups in total. The predicted molar refractivity (Wildman–Crippen MR) is 138 cm³/mol. The van der Waals surface area contributed by atoms with E-state index in [1.54, 1.807) is 19.4 Å². The van der Waals surface area contributed by atoms with Gasteiger partial charge in [0.05, 0.1) is 12.6 Å². The molecule has 1 saturated heterocycles. The Bertz CT molecular complexity index is 1060. The lowest BCUT2D eigenvalue weighted by molar-refractivity contribution is 0.0672. The number of ether oxygens (including phenoxy) is 1. The molecule has 182 valence electrons. The molecule has 1 aliphatic rings. The summed E-state index contributed by atoms with van der Waals surface area (Å²) in [5, 5.41) is 10.9. The van der Waals surface area contributed by atoms with E-state index in [2.05, 4.69) is 41.1 Å². The summed E-state index contributed by atoms with van der Waals surface area (Å²) in [6.07, 6.45) is 2.88. The summed E-state index contributed by atoms with van der Waals surface area (Å²) in [7, 11) is 1.62. The molecule has 3 atom stereocenters. The first-order chi connectivity index (χ1) is 16.6. The van der Waals surface area contributed by atoms with Crippen LogP contribution in [0.5, 0.6) is 5.75 Å². The number of alkyl halides is 1. The number of hydrogen-bond acceptors (Lipinski definition) is 5. The number of aliphatic hydroxyl groups excluding tert-OH is 1. The maximum Gasteiger partial charge on any atom is 0.126 e. The number of nitrogens with zero attached hydrogens (tertiary/aromatic N) is 2. The van der Waals surface area contributed by atoms with Crippen molar-refractivity contribution in [2.45, 2.75) is 37.3 Å². The molecular formula is C28H35FN2O2S. The van der Waals surface area contributed by atoms with E-state index in [9.17, 15) is 5.11 Å². The van der Waals surface area contributed by atoms with E-state index in [1.165, 1.54) is 10.5 Å². The number of aryl methyl sites for hydroxylation is 1. The molecule has 4 nitrogen and oxygen atoms in total. The molecule has 0 radical (unpaired) electrons. The largest absolute Gasteiger partial charge is 0.497 e. The van der Waals surface area contributed by atoms with E-state index < -0.39 is 6.17 Å². The van der Waals surface area contributed by atoms with Crippen molar-refractivity contribution < 1.29 is 14.2 Å². The molecule has 3 aromatic rings. The Labute approximate surface area is 206 Å². The average molecular weight is 483 g/mol. The second kappa shape index (κ2) is 12.0.